The molecule has 202 valence electrons. The van der Waals surface area contributed by atoms with Gasteiger partial charge in [-0.3, -0.25) is 0 Å². The highest BCUT2D eigenvalue weighted by atomic mass is 17.1. The molecule has 1 rings (SSSR count). The van der Waals surface area contributed by atoms with Gasteiger partial charge in [0, 0.05) is 0 Å². The van der Waals surface area contributed by atoms with Gasteiger partial charge in [0.1, 0.15) is 0 Å². The van der Waals surface area contributed by atoms with E-state index < -0.39 is 11.9 Å². The van der Waals surface area contributed by atoms with Gasteiger partial charge in [0.25, 0.3) is 0 Å². The Hall–Kier alpha value is -1.35. The van der Waals surface area contributed by atoms with Crippen molar-refractivity contribution in [2.24, 2.45) is 22.7 Å². The molecule has 0 saturated carbocycles. The summed E-state index contributed by atoms with van der Waals surface area (Å²) in [5.74, 6) is -0.439. The first-order valence-corrected chi connectivity index (χ1v) is 14.4. The Balaban J connectivity index is 2.72. The normalized spacial score (nSPS) is 15.0. The van der Waals surface area contributed by atoms with Crippen LogP contribution in [0.2, 0.25) is 0 Å². The van der Waals surface area contributed by atoms with Gasteiger partial charge in [0.15, 0.2) is 0 Å². The maximum Gasteiger partial charge on any atom is 0.349 e. The summed E-state index contributed by atoms with van der Waals surface area (Å²) in [7, 11) is 0. The second kappa shape index (κ2) is 16.4. The first-order valence-electron chi connectivity index (χ1n) is 14.4. The van der Waals surface area contributed by atoms with Crippen molar-refractivity contribution in [3.63, 3.8) is 0 Å². The SMILES string of the molecule is CCCCCCCCCCCCCC(CC(C(C(=O)OO)c1ccccc1)C(C)(C)C)C(C)(C)C. The molecule has 3 heteroatoms. The van der Waals surface area contributed by atoms with Gasteiger partial charge in [-0.1, -0.05) is 149 Å². The zero-order valence-electron chi connectivity index (χ0n) is 24.1. The molecule has 3 atom stereocenters. The zero-order valence-corrected chi connectivity index (χ0v) is 24.1. The molecule has 1 aromatic rings. The first-order chi connectivity index (χ1) is 16.5. The predicted octanol–water partition coefficient (Wildman–Crippen LogP) is 10.2. The molecule has 0 aromatic heterocycles. The lowest BCUT2D eigenvalue weighted by atomic mass is 9.63. The molecule has 0 spiro atoms. The number of benzene rings is 1. The fourth-order valence-corrected chi connectivity index (χ4v) is 5.51. The van der Waals surface area contributed by atoms with E-state index in [9.17, 15) is 10.1 Å². The van der Waals surface area contributed by atoms with Gasteiger partial charge in [-0.05, 0) is 41.1 Å². The molecule has 1 N–H and O–H groups in total. The number of unbranched alkanes of at least 4 members (excludes halogenated alkanes) is 10. The van der Waals surface area contributed by atoms with E-state index in [-0.39, 0.29) is 16.7 Å². The molecular formula is C32H56O3. The average molecular weight is 489 g/mol. The maximum absolute atomic E-state index is 12.8. The topological polar surface area (TPSA) is 46.5 Å². The molecule has 1 aromatic carbocycles. The van der Waals surface area contributed by atoms with Gasteiger partial charge in [-0.25, -0.2) is 4.79 Å². The lowest BCUT2D eigenvalue weighted by Crippen LogP contribution is -2.36. The van der Waals surface area contributed by atoms with Gasteiger partial charge in [-0.15, -0.1) is 0 Å². The van der Waals surface area contributed by atoms with Crippen molar-refractivity contribution >= 4 is 5.97 Å². The molecule has 0 radical (unpaired) electrons. The van der Waals surface area contributed by atoms with Crippen LogP contribution in [0.25, 0.3) is 0 Å². The highest BCUT2D eigenvalue weighted by Gasteiger charge is 2.41. The quantitative estimate of drug-likeness (QED) is 0.135. The maximum atomic E-state index is 12.8. The van der Waals surface area contributed by atoms with Gasteiger partial charge in [0.2, 0.25) is 0 Å². The van der Waals surface area contributed by atoms with Crippen LogP contribution in [-0.4, -0.2) is 11.2 Å². The van der Waals surface area contributed by atoms with Crippen LogP contribution in [0.3, 0.4) is 0 Å². The Morgan fingerprint density at radius 3 is 1.69 bits per heavy atom. The molecule has 0 aliphatic heterocycles. The van der Waals surface area contributed by atoms with Crippen molar-refractivity contribution in [1.29, 1.82) is 0 Å². The van der Waals surface area contributed by atoms with Crippen LogP contribution < -0.4 is 0 Å². The van der Waals surface area contributed by atoms with E-state index in [4.69, 9.17) is 0 Å². The standard InChI is InChI=1S/C32H56O3/c1-8-9-10-11-12-13-14-15-16-17-21-24-27(31(2,3)4)25-28(32(5,6)7)29(30(33)35-34)26-22-19-18-20-23-26/h18-20,22-23,27-29,34H,8-17,21,24-25H2,1-7H3. The number of hydrogen-bond donors (Lipinski definition) is 1. The van der Waals surface area contributed by atoms with Gasteiger partial charge in [0.05, 0.1) is 5.92 Å². The Morgan fingerprint density at radius 1 is 0.771 bits per heavy atom. The molecule has 0 aliphatic carbocycles. The molecule has 0 bridgehead atoms. The minimum atomic E-state index is -0.543. The summed E-state index contributed by atoms with van der Waals surface area (Å²) < 4.78 is 0. The van der Waals surface area contributed by atoms with Crippen molar-refractivity contribution in [3.8, 4) is 0 Å². The van der Waals surface area contributed by atoms with Crippen molar-refractivity contribution in [2.75, 3.05) is 0 Å². The molecule has 35 heavy (non-hydrogen) atoms. The second-order valence-electron chi connectivity index (χ2n) is 12.9. The van der Waals surface area contributed by atoms with Crippen LogP contribution in [0.5, 0.6) is 0 Å². The van der Waals surface area contributed by atoms with Crippen LogP contribution in [0, 0.1) is 22.7 Å². The molecule has 0 amide bonds. The summed E-state index contributed by atoms with van der Waals surface area (Å²) in [6.45, 7) is 15.9. The van der Waals surface area contributed by atoms with Crippen LogP contribution in [0.15, 0.2) is 30.3 Å². The molecule has 3 unspecified atom stereocenters. The first kappa shape index (κ1) is 31.7. The van der Waals surface area contributed by atoms with Crippen LogP contribution in [0.4, 0.5) is 0 Å². The minimum Gasteiger partial charge on any atom is -0.300 e. The molecule has 0 aliphatic rings. The Kier molecular flexibility index (Phi) is 14.8. The molecule has 3 nitrogen and oxygen atoms in total. The highest BCUT2D eigenvalue weighted by Crippen LogP contribution is 2.46. The number of carbonyl (C=O) groups is 1. The number of hydrogen-bond acceptors (Lipinski definition) is 3. The molecule has 0 heterocycles. The van der Waals surface area contributed by atoms with Crippen LogP contribution in [-0.2, 0) is 9.68 Å². The van der Waals surface area contributed by atoms with Gasteiger partial charge in [-0.2, -0.15) is 5.26 Å². The Morgan fingerprint density at radius 2 is 1.26 bits per heavy atom. The lowest BCUT2D eigenvalue weighted by Gasteiger charge is -2.41. The van der Waals surface area contributed by atoms with E-state index in [0.29, 0.717) is 5.92 Å². The van der Waals surface area contributed by atoms with Crippen molar-refractivity contribution in [3.05, 3.63) is 35.9 Å². The predicted molar refractivity (Wildman–Crippen MR) is 149 cm³/mol. The lowest BCUT2D eigenvalue weighted by molar-refractivity contribution is -0.238. The Bertz CT molecular complexity index is 668. The van der Waals surface area contributed by atoms with E-state index in [2.05, 4.69) is 53.4 Å². The van der Waals surface area contributed by atoms with Crippen LogP contribution >= 0.6 is 0 Å². The van der Waals surface area contributed by atoms with E-state index in [1.807, 2.05) is 30.3 Å². The average Bonchev–Trinajstić information content (AvgIpc) is 2.80. The van der Waals surface area contributed by atoms with E-state index in [1.165, 1.54) is 77.0 Å². The zero-order chi connectivity index (χ0) is 26.3. The molecule has 0 fully saturated rings. The molecular weight excluding hydrogens is 432 g/mol. The smallest absolute Gasteiger partial charge is 0.300 e. The summed E-state index contributed by atoms with van der Waals surface area (Å²) in [5.41, 5.74) is 0.982. The minimum absolute atomic E-state index is 0.0708. The highest BCUT2D eigenvalue weighted by molar-refractivity contribution is 5.78. The Labute approximate surface area is 217 Å². The van der Waals surface area contributed by atoms with E-state index in [0.717, 1.165) is 12.0 Å². The fourth-order valence-electron chi connectivity index (χ4n) is 5.51. The van der Waals surface area contributed by atoms with Crippen molar-refractivity contribution in [2.45, 2.75) is 138 Å². The third kappa shape index (κ3) is 12.4. The monoisotopic (exact) mass is 488 g/mol. The van der Waals surface area contributed by atoms with Crippen LogP contribution in [0.1, 0.15) is 143 Å². The number of carbonyl (C=O) groups excluding carboxylic acids is 1. The van der Waals surface area contributed by atoms with Gasteiger partial charge >= 0.3 is 5.97 Å². The summed E-state index contributed by atoms with van der Waals surface area (Å²) in [4.78, 5) is 17.2. The largest absolute Gasteiger partial charge is 0.349 e. The number of rotatable bonds is 17. The second-order valence-corrected chi connectivity index (χ2v) is 12.9. The van der Waals surface area contributed by atoms with E-state index >= 15 is 0 Å². The summed E-state index contributed by atoms with van der Waals surface area (Å²) in [6, 6.07) is 9.84. The van der Waals surface area contributed by atoms with E-state index in [1.54, 1.807) is 0 Å². The summed E-state index contributed by atoms with van der Waals surface area (Å²) >= 11 is 0. The summed E-state index contributed by atoms with van der Waals surface area (Å²) in [6.07, 6.45) is 17.1. The molecule has 0 saturated heterocycles. The van der Waals surface area contributed by atoms with Crippen molar-refractivity contribution in [1.82, 2.24) is 0 Å². The summed E-state index contributed by atoms with van der Waals surface area (Å²) in [5, 5.41) is 9.34. The van der Waals surface area contributed by atoms with Crippen molar-refractivity contribution < 1.29 is 14.9 Å². The van der Waals surface area contributed by atoms with Gasteiger partial charge < -0.3 is 4.89 Å². The third-order valence-electron chi connectivity index (χ3n) is 7.94. The fraction of sp³-hybridized carbons (Fsp3) is 0.781. The third-order valence-corrected chi connectivity index (χ3v) is 7.94.